The Morgan fingerprint density at radius 1 is 1.16 bits per heavy atom. The number of anilines is 1. The van der Waals surface area contributed by atoms with Crippen molar-refractivity contribution >= 4 is 23.4 Å². The van der Waals surface area contributed by atoms with Gasteiger partial charge in [-0.05, 0) is 45.9 Å². The number of amides is 3. The molecule has 0 aliphatic carbocycles. The molecule has 0 saturated carbocycles. The minimum Gasteiger partial charge on any atom is -0.324 e. The van der Waals surface area contributed by atoms with Crippen LogP contribution < -0.4 is 10.6 Å². The Kier molecular flexibility index (Phi) is 3.02. The molecule has 4 rings (SSSR count). The zero-order valence-electron chi connectivity index (χ0n) is 14.5. The first-order valence-corrected chi connectivity index (χ1v) is 8.36. The topological polar surface area (TPSA) is 78.5 Å². The van der Waals surface area contributed by atoms with Crippen molar-refractivity contribution in [3.05, 3.63) is 29.6 Å². The summed E-state index contributed by atoms with van der Waals surface area (Å²) in [4.78, 5) is 40.3. The Balaban J connectivity index is 1.92. The first-order chi connectivity index (χ1) is 11.6. The summed E-state index contributed by atoms with van der Waals surface area (Å²) >= 11 is 0. The minimum absolute atomic E-state index is 0.281. The number of carbonyl (C=O) groups is 3. The zero-order chi connectivity index (χ0) is 18.3. The average Bonchev–Trinajstić information content (AvgIpc) is 3.04. The van der Waals surface area contributed by atoms with Crippen LogP contribution in [0.25, 0.3) is 0 Å². The molecule has 7 heteroatoms. The Labute approximate surface area is 144 Å². The second-order valence-corrected chi connectivity index (χ2v) is 8.07. The van der Waals surface area contributed by atoms with Gasteiger partial charge in [0.05, 0.1) is 11.8 Å². The van der Waals surface area contributed by atoms with Gasteiger partial charge in [-0.25, -0.2) is 4.39 Å². The predicted molar refractivity (Wildman–Crippen MR) is 87.9 cm³/mol. The van der Waals surface area contributed by atoms with Crippen LogP contribution in [-0.4, -0.2) is 34.2 Å². The first-order valence-electron chi connectivity index (χ1n) is 8.36. The summed E-state index contributed by atoms with van der Waals surface area (Å²) in [5, 5.41) is 5.88. The summed E-state index contributed by atoms with van der Waals surface area (Å²) in [5.74, 6) is -3.09. The molecule has 0 bridgehead atoms. The van der Waals surface area contributed by atoms with E-state index >= 15 is 0 Å². The van der Waals surface area contributed by atoms with Crippen molar-refractivity contribution in [1.29, 1.82) is 0 Å². The highest BCUT2D eigenvalue weighted by molar-refractivity contribution is 6.15. The molecule has 3 amide bonds. The molecule has 3 aliphatic heterocycles. The predicted octanol–water partition coefficient (Wildman–Crippen LogP) is 1.36. The molecule has 2 N–H and O–H groups in total. The minimum atomic E-state index is -1.41. The highest BCUT2D eigenvalue weighted by Crippen LogP contribution is 2.53. The molecule has 3 heterocycles. The Morgan fingerprint density at radius 3 is 2.48 bits per heavy atom. The van der Waals surface area contributed by atoms with E-state index in [1.54, 1.807) is 27.7 Å². The van der Waals surface area contributed by atoms with Gasteiger partial charge in [0.15, 0.2) is 0 Å². The van der Waals surface area contributed by atoms with Crippen LogP contribution in [0.2, 0.25) is 0 Å². The number of rotatable bonds is 0. The molecular weight excluding hydrogens is 325 g/mol. The first kappa shape index (κ1) is 16.2. The van der Waals surface area contributed by atoms with E-state index in [0.29, 0.717) is 11.3 Å². The van der Waals surface area contributed by atoms with Gasteiger partial charge >= 0.3 is 0 Å². The quantitative estimate of drug-likeness (QED) is 0.696. The summed E-state index contributed by atoms with van der Waals surface area (Å²) in [6, 6.07) is 3.64. The summed E-state index contributed by atoms with van der Waals surface area (Å²) in [6.45, 7) is 7.15. The van der Waals surface area contributed by atoms with Crippen molar-refractivity contribution in [3.63, 3.8) is 0 Å². The van der Waals surface area contributed by atoms with E-state index in [9.17, 15) is 18.8 Å². The third-order valence-corrected chi connectivity index (χ3v) is 5.50. The van der Waals surface area contributed by atoms with Gasteiger partial charge in [0.1, 0.15) is 11.4 Å². The number of likely N-dealkylation sites (tertiary alicyclic amines) is 1. The van der Waals surface area contributed by atoms with E-state index < -0.39 is 34.6 Å². The van der Waals surface area contributed by atoms with E-state index in [1.165, 1.54) is 23.1 Å². The van der Waals surface area contributed by atoms with Crippen molar-refractivity contribution < 1.29 is 18.8 Å². The van der Waals surface area contributed by atoms with Crippen LogP contribution in [-0.2, 0) is 19.9 Å². The van der Waals surface area contributed by atoms with Crippen molar-refractivity contribution in [2.75, 3.05) is 5.32 Å². The molecule has 1 aromatic carbocycles. The van der Waals surface area contributed by atoms with Gasteiger partial charge in [-0.1, -0.05) is 0 Å². The molecule has 3 aliphatic rings. The number of nitrogens with one attached hydrogen (secondary N) is 2. The van der Waals surface area contributed by atoms with Crippen molar-refractivity contribution in [3.8, 4) is 0 Å². The smallest absolute Gasteiger partial charge is 0.250 e. The summed E-state index contributed by atoms with van der Waals surface area (Å²) in [6.07, 6.45) is 0. The Bertz CT molecular complexity index is 831. The van der Waals surface area contributed by atoms with Crippen molar-refractivity contribution in [2.45, 2.75) is 44.8 Å². The van der Waals surface area contributed by atoms with Gasteiger partial charge < -0.3 is 5.32 Å². The number of imide groups is 1. The van der Waals surface area contributed by atoms with E-state index in [1.807, 2.05) is 0 Å². The molecular formula is C18H20FN3O3. The number of hydrogen-bond donors (Lipinski definition) is 2. The molecule has 0 unspecified atom stereocenters. The van der Waals surface area contributed by atoms with Crippen LogP contribution in [0.5, 0.6) is 0 Å². The summed E-state index contributed by atoms with van der Waals surface area (Å²) < 4.78 is 13.9. The number of hydrogen-bond acceptors (Lipinski definition) is 4. The second-order valence-electron chi connectivity index (χ2n) is 8.07. The highest BCUT2D eigenvalue weighted by Gasteiger charge is 2.70. The zero-order valence-corrected chi connectivity index (χ0v) is 14.5. The van der Waals surface area contributed by atoms with Crippen LogP contribution >= 0.6 is 0 Å². The van der Waals surface area contributed by atoms with Gasteiger partial charge in [-0.15, -0.1) is 0 Å². The fourth-order valence-electron chi connectivity index (χ4n) is 4.60. The Morgan fingerprint density at radius 2 is 1.84 bits per heavy atom. The molecule has 2 fully saturated rings. The lowest BCUT2D eigenvalue weighted by Gasteiger charge is -2.34. The maximum atomic E-state index is 13.9. The van der Waals surface area contributed by atoms with Gasteiger partial charge in [0, 0.05) is 22.8 Å². The molecule has 0 aromatic heterocycles. The molecule has 2 saturated heterocycles. The highest BCUT2D eigenvalue weighted by atomic mass is 19.1. The van der Waals surface area contributed by atoms with Crippen LogP contribution in [0.4, 0.5) is 10.1 Å². The maximum Gasteiger partial charge on any atom is 0.250 e. The van der Waals surface area contributed by atoms with Crippen LogP contribution in [0.15, 0.2) is 18.2 Å². The summed E-state index contributed by atoms with van der Waals surface area (Å²) in [7, 11) is 0. The molecule has 0 radical (unpaired) electrons. The fraction of sp³-hybridized carbons (Fsp3) is 0.500. The molecule has 4 atom stereocenters. The maximum absolute atomic E-state index is 13.9. The van der Waals surface area contributed by atoms with Crippen LogP contribution in [0, 0.1) is 17.7 Å². The lowest BCUT2D eigenvalue weighted by atomic mass is 9.76. The Hall–Kier alpha value is -2.28. The molecule has 6 nitrogen and oxygen atoms in total. The standard InChI is InChI=1S/C18H20FN3O3/c1-8-12-13(15(24)22(14(12)23)17(2,3)4)18(21-8)10-7-9(19)5-6-11(10)20-16(18)25/h5-8,12-13,21H,1-4H3,(H,20,25)/t8-,12-,13+,18-/m1/s1. The number of nitrogens with zero attached hydrogens (tertiary/aromatic N) is 1. The third kappa shape index (κ3) is 1.84. The van der Waals surface area contributed by atoms with E-state index in [-0.39, 0.29) is 17.9 Å². The number of benzene rings is 1. The second kappa shape index (κ2) is 4.66. The van der Waals surface area contributed by atoms with E-state index in [2.05, 4.69) is 10.6 Å². The molecule has 132 valence electrons. The van der Waals surface area contributed by atoms with Crippen molar-refractivity contribution in [1.82, 2.24) is 10.2 Å². The normalized spacial score (nSPS) is 33.9. The fourth-order valence-corrected chi connectivity index (χ4v) is 4.60. The van der Waals surface area contributed by atoms with Gasteiger partial charge in [-0.3, -0.25) is 24.6 Å². The number of halogens is 1. The van der Waals surface area contributed by atoms with Crippen LogP contribution in [0.1, 0.15) is 33.3 Å². The lowest BCUT2D eigenvalue weighted by Crippen LogP contribution is -2.55. The number of carbonyl (C=O) groups excluding carboxylic acids is 3. The van der Waals surface area contributed by atoms with E-state index in [0.717, 1.165) is 0 Å². The molecule has 1 aromatic rings. The van der Waals surface area contributed by atoms with E-state index in [4.69, 9.17) is 0 Å². The van der Waals surface area contributed by atoms with Gasteiger partial charge in [-0.2, -0.15) is 0 Å². The van der Waals surface area contributed by atoms with Gasteiger partial charge in [0.25, 0.3) is 0 Å². The lowest BCUT2D eigenvalue weighted by molar-refractivity contribution is -0.147. The van der Waals surface area contributed by atoms with Crippen molar-refractivity contribution in [2.24, 2.45) is 11.8 Å². The molecule has 1 spiro atoms. The SMILES string of the molecule is C[C@H]1N[C@@]2(C(=O)Nc3ccc(F)cc32)[C@@H]2C(=O)N(C(C)(C)C)C(=O)[C@@H]21. The molecule has 25 heavy (non-hydrogen) atoms. The largest absolute Gasteiger partial charge is 0.324 e. The third-order valence-electron chi connectivity index (χ3n) is 5.50. The number of fused-ring (bicyclic) bond motifs is 4. The van der Waals surface area contributed by atoms with Gasteiger partial charge in [0.2, 0.25) is 17.7 Å². The monoisotopic (exact) mass is 345 g/mol. The summed E-state index contributed by atoms with van der Waals surface area (Å²) in [5.41, 5.74) is -1.22. The van der Waals surface area contributed by atoms with Crippen LogP contribution in [0.3, 0.4) is 0 Å². The average molecular weight is 345 g/mol.